The molecule has 17 heavy (non-hydrogen) atoms. The van der Waals surface area contributed by atoms with Crippen LogP contribution in [0.25, 0.3) is 0 Å². The van der Waals surface area contributed by atoms with Gasteiger partial charge in [-0.1, -0.05) is 13.8 Å². The fraction of sp³-hybridized carbons (Fsp3) is 0.833. The van der Waals surface area contributed by atoms with Crippen LogP contribution in [-0.4, -0.2) is 49.6 Å². The highest BCUT2D eigenvalue weighted by Gasteiger charge is 2.23. The van der Waals surface area contributed by atoms with Crippen molar-refractivity contribution < 1.29 is 15.8 Å². The van der Waals surface area contributed by atoms with Crippen LogP contribution in [0.1, 0.15) is 28.1 Å². The van der Waals surface area contributed by atoms with Crippen LogP contribution in [-0.2, 0) is 14.3 Å². The van der Waals surface area contributed by atoms with Crippen LogP contribution in [0.3, 0.4) is 0 Å². The van der Waals surface area contributed by atoms with E-state index < -0.39 is 0 Å². The Bertz CT molecular complexity index is 276. The van der Waals surface area contributed by atoms with Crippen molar-refractivity contribution in [1.82, 2.24) is 10.2 Å². The molecule has 1 aliphatic heterocycles. The van der Waals surface area contributed by atoms with Crippen molar-refractivity contribution in [1.29, 1.82) is 0 Å². The number of rotatable bonds is 4. The van der Waals surface area contributed by atoms with E-state index in [-0.39, 0.29) is 31.8 Å². The Morgan fingerprint density at radius 1 is 1.41 bits per heavy atom. The molecular weight excluding hydrogens is 220 g/mol. The van der Waals surface area contributed by atoms with E-state index in [0.29, 0.717) is 13.1 Å². The fourth-order valence-corrected chi connectivity index (χ4v) is 1.86. The van der Waals surface area contributed by atoms with Gasteiger partial charge in [-0.05, 0) is 12.8 Å². The summed E-state index contributed by atoms with van der Waals surface area (Å²) < 4.78 is 4.82. The third-order valence-corrected chi connectivity index (χ3v) is 2.99. The van der Waals surface area contributed by atoms with Crippen LogP contribution in [0, 0.1) is 5.92 Å². The monoisotopic (exact) mass is 244 g/mol. The Hall–Kier alpha value is -1.10. The van der Waals surface area contributed by atoms with Crippen LogP contribution in [0.15, 0.2) is 0 Å². The van der Waals surface area contributed by atoms with E-state index in [4.69, 9.17) is 4.74 Å². The molecule has 5 heteroatoms. The van der Waals surface area contributed by atoms with E-state index in [9.17, 15) is 9.59 Å². The zero-order valence-corrected chi connectivity index (χ0v) is 10.9. The van der Waals surface area contributed by atoms with Crippen LogP contribution in [0.2, 0.25) is 0 Å². The predicted molar refractivity (Wildman–Crippen MR) is 66.6 cm³/mol. The molecule has 0 aliphatic carbocycles. The molecule has 0 aromatic carbocycles. The predicted octanol–water partition coefficient (Wildman–Crippen LogP) is 0.642. The molecule has 1 saturated heterocycles. The molecule has 100 valence electrons. The van der Waals surface area contributed by atoms with Crippen molar-refractivity contribution in [2.24, 2.45) is 5.92 Å². The van der Waals surface area contributed by atoms with Gasteiger partial charge in [0.05, 0.1) is 0 Å². The number of methoxy groups -OCH3 is 1. The largest absolute Gasteiger partial charge is 0.375 e. The Kier molecular flexibility index (Phi) is 5.41. The number of ether oxygens (including phenoxy) is 1. The molecule has 1 rings (SSSR count). The molecule has 5 nitrogen and oxygen atoms in total. The van der Waals surface area contributed by atoms with Gasteiger partial charge in [-0.15, -0.1) is 0 Å². The maximum absolute atomic E-state index is 11.5. The molecule has 1 aliphatic rings. The SMILES string of the molecule is COCC(=O)N1CCC(NC(=O)C(C)C)CC1.[HH]. The first-order valence-corrected chi connectivity index (χ1v) is 6.11. The molecule has 0 aromatic heterocycles. The minimum Gasteiger partial charge on any atom is -0.375 e. The number of carbonyl (C=O) groups excluding carboxylic acids is 2. The van der Waals surface area contributed by atoms with Gasteiger partial charge in [-0.25, -0.2) is 0 Å². The summed E-state index contributed by atoms with van der Waals surface area (Å²) in [6.07, 6.45) is 1.65. The molecule has 0 spiro atoms. The Morgan fingerprint density at radius 2 is 2.00 bits per heavy atom. The smallest absolute Gasteiger partial charge is 0.248 e. The number of carbonyl (C=O) groups is 2. The Balaban J connectivity index is 0.00000289. The Morgan fingerprint density at radius 3 is 2.47 bits per heavy atom. The number of piperidine rings is 1. The highest BCUT2D eigenvalue weighted by molar-refractivity contribution is 5.78. The third-order valence-electron chi connectivity index (χ3n) is 2.99. The van der Waals surface area contributed by atoms with Gasteiger partial charge in [0.25, 0.3) is 0 Å². The molecule has 0 atom stereocenters. The minimum absolute atomic E-state index is 0. The van der Waals surface area contributed by atoms with Crippen molar-refractivity contribution in [3.8, 4) is 0 Å². The molecule has 0 bridgehead atoms. The van der Waals surface area contributed by atoms with Crippen LogP contribution in [0.4, 0.5) is 0 Å². The fourth-order valence-electron chi connectivity index (χ4n) is 1.86. The lowest BCUT2D eigenvalue weighted by atomic mass is 10.0. The van der Waals surface area contributed by atoms with E-state index in [2.05, 4.69) is 5.32 Å². The summed E-state index contributed by atoms with van der Waals surface area (Å²) in [5.74, 6) is 0.135. The summed E-state index contributed by atoms with van der Waals surface area (Å²) in [6.45, 7) is 5.30. The highest BCUT2D eigenvalue weighted by atomic mass is 16.5. The standard InChI is InChI=1S/C12H22N2O3.H2/c1-9(2)12(16)13-10-4-6-14(7-5-10)11(15)8-17-3;/h9-10H,4-8H2,1-3H3,(H,13,16);1H. The van der Waals surface area contributed by atoms with Gasteiger partial charge in [0.2, 0.25) is 11.8 Å². The molecule has 2 amide bonds. The van der Waals surface area contributed by atoms with Crippen LogP contribution >= 0.6 is 0 Å². The second-order valence-corrected chi connectivity index (χ2v) is 4.75. The van der Waals surface area contributed by atoms with E-state index in [0.717, 1.165) is 12.8 Å². The zero-order valence-electron chi connectivity index (χ0n) is 10.9. The number of nitrogens with one attached hydrogen (secondary N) is 1. The van der Waals surface area contributed by atoms with Gasteiger partial charge in [0.15, 0.2) is 0 Å². The first-order valence-electron chi connectivity index (χ1n) is 6.11. The zero-order chi connectivity index (χ0) is 12.8. The van der Waals surface area contributed by atoms with E-state index >= 15 is 0 Å². The maximum atomic E-state index is 11.5. The lowest BCUT2D eigenvalue weighted by molar-refractivity contribution is -0.136. The van der Waals surface area contributed by atoms with Crippen molar-refractivity contribution in [3.63, 3.8) is 0 Å². The molecular formula is C12H24N2O3. The van der Waals surface area contributed by atoms with Gasteiger partial charge in [-0.2, -0.15) is 0 Å². The third kappa shape index (κ3) is 4.34. The van der Waals surface area contributed by atoms with Gasteiger partial charge in [0, 0.05) is 33.6 Å². The minimum atomic E-state index is 0. The summed E-state index contributed by atoms with van der Waals surface area (Å²) in [5.41, 5.74) is 0. The number of nitrogens with zero attached hydrogens (tertiary/aromatic N) is 1. The van der Waals surface area contributed by atoms with Gasteiger partial charge in [-0.3, -0.25) is 9.59 Å². The number of amides is 2. The molecule has 0 aromatic rings. The second kappa shape index (κ2) is 6.59. The van der Waals surface area contributed by atoms with Crippen molar-refractivity contribution in [3.05, 3.63) is 0 Å². The lowest BCUT2D eigenvalue weighted by Gasteiger charge is -2.32. The Labute approximate surface area is 104 Å². The number of hydrogen-bond acceptors (Lipinski definition) is 3. The lowest BCUT2D eigenvalue weighted by Crippen LogP contribution is -2.48. The summed E-state index contributed by atoms with van der Waals surface area (Å²) in [4.78, 5) is 24.9. The summed E-state index contributed by atoms with van der Waals surface area (Å²) in [5, 5.41) is 3.00. The summed E-state index contributed by atoms with van der Waals surface area (Å²) in [7, 11) is 1.52. The van der Waals surface area contributed by atoms with Crippen LogP contribution < -0.4 is 5.32 Å². The molecule has 0 unspecified atom stereocenters. The second-order valence-electron chi connectivity index (χ2n) is 4.75. The number of likely N-dealkylation sites (tertiary alicyclic amines) is 1. The van der Waals surface area contributed by atoms with Gasteiger partial charge < -0.3 is 15.0 Å². The topological polar surface area (TPSA) is 58.6 Å². The van der Waals surface area contributed by atoms with Crippen molar-refractivity contribution in [2.45, 2.75) is 32.7 Å². The summed E-state index contributed by atoms with van der Waals surface area (Å²) >= 11 is 0. The van der Waals surface area contributed by atoms with Gasteiger partial charge >= 0.3 is 0 Å². The van der Waals surface area contributed by atoms with Crippen LogP contribution in [0.5, 0.6) is 0 Å². The molecule has 0 radical (unpaired) electrons. The quantitative estimate of drug-likeness (QED) is 0.789. The van der Waals surface area contributed by atoms with E-state index in [1.54, 1.807) is 4.90 Å². The molecule has 0 saturated carbocycles. The normalized spacial score (nSPS) is 17.3. The highest BCUT2D eigenvalue weighted by Crippen LogP contribution is 2.11. The van der Waals surface area contributed by atoms with E-state index in [1.165, 1.54) is 7.11 Å². The first kappa shape index (κ1) is 14.0. The summed E-state index contributed by atoms with van der Waals surface area (Å²) in [6, 6.07) is 0.205. The molecule has 1 fully saturated rings. The molecule has 1 heterocycles. The van der Waals surface area contributed by atoms with Crippen molar-refractivity contribution in [2.75, 3.05) is 26.8 Å². The average Bonchev–Trinajstić information content (AvgIpc) is 2.30. The van der Waals surface area contributed by atoms with Gasteiger partial charge in [0.1, 0.15) is 6.61 Å². The maximum Gasteiger partial charge on any atom is 0.248 e. The molecule has 1 N–H and O–H groups in total. The number of hydrogen-bond donors (Lipinski definition) is 1. The van der Waals surface area contributed by atoms with Crippen molar-refractivity contribution >= 4 is 11.8 Å². The first-order chi connectivity index (χ1) is 8.04. The average molecular weight is 244 g/mol. The van der Waals surface area contributed by atoms with E-state index in [1.807, 2.05) is 13.8 Å².